The molecule has 1 atom stereocenters. The molecular weight excluding hydrogens is 264 g/mol. The summed E-state index contributed by atoms with van der Waals surface area (Å²) in [6, 6.07) is 0. The maximum atomic E-state index is 11.5. The fraction of sp³-hybridized carbons (Fsp3) is 0.750. The monoisotopic (exact) mass is 282 g/mol. The third-order valence-electron chi connectivity index (χ3n) is 4.01. The van der Waals surface area contributed by atoms with E-state index in [1.54, 1.807) is 0 Å². The molecule has 1 saturated carbocycles. The second kappa shape index (κ2) is 4.70. The van der Waals surface area contributed by atoms with Crippen molar-refractivity contribution < 1.29 is 8.42 Å². The molecule has 2 N–H and O–H groups in total. The minimum absolute atomic E-state index is 0.115. The quantitative estimate of drug-likeness (QED) is 0.869. The molecule has 0 amide bonds. The smallest absolute Gasteiger partial charge is 0.223 e. The molecule has 1 aromatic heterocycles. The Hall–Kier alpha value is -1.24. The van der Waals surface area contributed by atoms with Gasteiger partial charge in [-0.1, -0.05) is 12.8 Å². The molecule has 1 aliphatic carbocycles. The zero-order valence-electron chi connectivity index (χ0n) is 10.7. The largest absolute Gasteiger partial charge is 0.368 e. The number of hydrogen-bond acceptors (Lipinski definition) is 6. The highest BCUT2D eigenvalue weighted by molar-refractivity contribution is 7.91. The zero-order chi connectivity index (χ0) is 13.5. The van der Waals surface area contributed by atoms with Gasteiger partial charge in [0.1, 0.15) is 11.6 Å². The van der Waals surface area contributed by atoms with Gasteiger partial charge in [-0.15, -0.1) is 0 Å². The van der Waals surface area contributed by atoms with Crippen LogP contribution in [0.15, 0.2) is 0 Å². The molecule has 0 bridgehead atoms. The second-order valence-electron chi connectivity index (χ2n) is 5.49. The summed E-state index contributed by atoms with van der Waals surface area (Å²) in [5.74, 6) is 2.15. The van der Waals surface area contributed by atoms with Gasteiger partial charge in [0.25, 0.3) is 0 Å². The van der Waals surface area contributed by atoms with Crippen LogP contribution in [-0.2, 0) is 9.84 Å². The van der Waals surface area contributed by atoms with Crippen LogP contribution in [0.1, 0.15) is 55.6 Å². The van der Waals surface area contributed by atoms with E-state index in [0.29, 0.717) is 18.2 Å². The van der Waals surface area contributed by atoms with E-state index in [4.69, 9.17) is 5.73 Å². The molecule has 1 aromatic rings. The Morgan fingerprint density at radius 2 is 1.58 bits per heavy atom. The summed E-state index contributed by atoms with van der Waals surface area (Å²) in [5, 5.41) is 0. The van der Waals surface area contributed by atoms with E-state index in [0.717, 1.165) is 18.7 Å². The first kappa shape index (κ1) is 12.8. The molecule has 2 aliphatic rings. The van der Waals surface area contributed by atoms with Crippen molar-refractivity contribution in [2.24, 2.45) is 0 Å². The first-order valence-corrected chi connectivity index (χ1v) is 8.57. The Kier molecular flexibility index (Phi) is 3.16. The van der Waals surface area contributed by atoms with E-state index in [2.05, 4.69) is 15.0 Å². The first-order valence-electron chi connectivity index (χ1n) is 6.75. The van der Waals surface area contributed by atoms with Crippen LogP contribution in [0.4, 0.5) is 5.95 Å². The van der Waals surface area contributed by atoms with E-state index >= 15 is 0 Å². The predicted octanol–water partition coefficient (Wildman–Crippen LogP) is 1.01. The molecule has 104 valence electrons. The fourth-order valence-electron chi connectivity index (χ4n) is 2.97. The molecule has 0 spiro atoms. The third kappa shape index (κ3) is 2.70. The number of nitrogen functional groups attached to an aromatic ring is 1. The van der Waals surface area contributed by atoms with Crippen LogP contribution < -0.4 is 5.73 Å². The van der Waals surface area contributed by atoms with Crippen molar-refractivity contribution in [1.82, 2.24) is 15.0 Å². The number of anilines is 1. The number of nitrogens with zero attached hydrogens (tertiary/aromatic N) is 3. The maximum Gasteiger partial charge on any atom is 0.223 e. The van der Waals surface area contributed by atoms with Crippen LogP contribution in [0.25, 0.3) is 0 Å². The average molecular weight is 282 g/mol. The predicted molar refractivity (Wildman–Crippen MR) is 71.5 cm³/mol. The Bertz CT molecular complexity index is 581. The molecule has 0 radical (unpaired) electrons. The Labute approximate surface area is 112 Å². The van der Waals surface area contributed by atoms with Crippen molar-refractivity contribution in [2.45, 2.75) is 43.9 Å². The highest BCUT2D eigenvalue weighted by atomic mass is 32.2. The molecule has 3 rings (SSSR count). The van der Waals surface area contributed by atoms with Gasteiger partial charge in [-0.25, -0.2) is 13.4 Å². The molecule has 2 heterocycles. The van der Waals surface area contributed by atoms with Crippen molar-refractivity contribution >= 4 is 15.8 Å². The molecule has 1 unspecified atom stereocenters. The van der Waals surface area contributed by atoms with Gasteiger partial charge >= 0.3 is 0 Å². The van der Waals surface area contributed by atoms with Crippen molar-refractivity contribution in [3.05, 3.63) is 11.6 Å². The van der Waals surface area contributed by atoms with Crippen molar-refractivity contribution in [1.29, 1.82) is 0 Å². The lowest BCUT2D eigenvalue weighted by atomic mass is 10.1. The Morgan fingerprint density at radius 3 is 2.16 bits per heavy atom. The number of hydrogen-bond donors (Lipinski definition) is 1. The van der Waals surface area contributed by atoms with E-state index in [9.17, 15) is 8.42 Å². The van der Waals surface area contributed by atoms with E-state index in [1.165, 1.54) is 12.8 Å². The van der Waals surface area contributed by atoms with Gasteiger partial charge in [0, 0.05) is 11.8 Å². The van der Waals surface area contributed by atoms with Crippen molar-refractivity contribution in [2.75, 3.05) is 17.2 Å². The summed E-state index contributed by atoms with van der Waals surface area (Å²) >= 11 is 0. The second-order valence-corrected chi connectivity index (χ2v) is 7.72. The number of aromatic nitrogens is 3. The minimum Gasteiger partial charge on any atom is -0.368 e. The lowest BCUT2D eigenvalue weighted by Crippen LogP contribution is -2.13. The normalized spacial score (nSPS) is 26.8. The van der Waals surface area contributed by atoms with Gasteiger partial charge in [-0.2, -0.15) is 9.97 Å². The minimum atomic E-state index is -2.93. The lowest BCUT2D eigenvalue weighted by molar-refractivity contribution is 0.599. The summed E-state index contributed by atoms with van der Waals surface area (Å²) in [5.41, 5.74) is 5.75. The third-order valence-corrected chi connectivity index (χ3v) is 5.77. The van der Waals surface area contributed by atoms with E-state index < -0.39 is 9.84 Å². The standard InChI is InChI=1S/C12H18N4O2S/c13-12-15-10(8-3-1-2-4-8)14-11(16-12)9-5-6-19(17,18)7-9/h8-9H,1-7H2,(H2,13,14,15,16). The molecule has 7 heteroatoms. The van der Waals surface area contributed by atoms with Crippen LogP contribution in [0.2, 0.25) is 0 Å². The Balaban J connectivity index is 1.89. The first-order chi connectivity index (χ1) is 9.03. The molecule has 19 heavy (non-hydrogen) atoms. The van der Waals surface area contributed by atoms with E-state index in [-0.39, 0.29) is 23.4 Å². The number of sulfone groups is 1. The lowest BCUT2D eigenvalue weighted by Gasteiger charge is -2.12. The van der Waals surface area contributed by atoms with Gasteiger partial charge in [-0.3, -0.25) is 0 Å². The summed E-state index contributed by atoms with van der Waals surface area (Å²) in [7, 11) is -2.93. The Morgan fingerprint density at radius 1 is 0.947 bits per heavy atom. The van der Waals surface area contributed by atoms with Gasteiger partial charge in [0.05, 0.1) is 11.5 Å². The SMILES string of the molecule is Nc1nc(C2CCCC2)nc(C2CCS(=O)(=O)C2)n1. The summed E-state index contributed by atoms with van der Waals surface area (Å²) < 4.78 is 23.1. The maximum absolute atomic E-state index is 11.5. The zero-order valence-corrected chi connectivity index (χ0v) is 11.6. The topological polar surface area (TPSA) is 98.8 Å². The summed E-state index contributed by atoms with van der Waals surface area (Å²) in [4.78, 5) is 12.9. The summed E-state index contributed by atoms with van der Waals surface area (Å²) in [6.07, 6.45) is 5.17. The molecule has 6 nitrogen and oxygen atoms in total. The van der Waals surface area contributed by atoms with Crippen LogP contribution in [-0.4, -0.2) is 34.9 Å². The highest BCUT2D eigenvalue weighted by Crippen LogP contribution is 2.33. The van der Waals surface area contributed by atoms with Gasteiger partial charge in [0.2, 0.25) is 5.95 Å². The summed E-state index contributed by atoms with van der Waals surface area (Å²) in [6.45, 7) is 0. The van der Waals surface area contributed by atoms with Gasteiger partial charge in [-0.05, 0) is 19.3 Å². The number of rotatable bonds is 2. The van der Waals surface area contributed by atoms with Crippen LogP contribution in [0, 0.1) is 0 Å². The van der Waals surface area contributed by atoms with Gasteiger partial charge < -0.3 is 5.73 Å². The molecule has 0 aromatic carbocycles. The van der Waals surface area contributed by atoms with Crippen LogP contribution >= 0.6 is 0 Å². The van der Waals surface area contributed by atoms with Crippen molar-refractivity contribution in [3.63, 3.8) is 0 Å². The fourth-order valence-corrected chi connectivity index (χ4v) is 4.71. The van der Waals surface area contributed by atoms with Gasteiger partial charge in [0.15, 0.2) is 9.84 Å². The van der Waals surface area contributed by atoms with Crippen molar-refractivity contribution in [3.8, 4) is 0 Å². The number of nitrogens with two attached hydrogens (primary N) is 1. The molecular formula is C12H18N4O2S. The van der Waals surface area contributed by atoms with Crippen LogP contribution in [0.5, 0.6) is 0 Å². The molecule has 2 fully saturated rings. The molecule has 1 saturated heterocycles. The molecule has 1 aliphatic heterocycles. The highest BCUT2D eigenvalue weighted by Gasteiger charge is 2.32. The average Bonchev–Trinajstić information content (AvgIpc) is 2.97. The van der Waals surface area contributed by atoms with Crippen LogP contribution in [0.3, 0.4) is 0 Å². The van der Waals surface area contributed by atoms with E-state index in [1.807, 2.05) is 0 Å².